The Morgan fingerprint density at radius 1 is 1.00 bits per heavy atom. The summed E-state index contributed by atoms with van der Waals surface area (Å²) in [4.78, 5) is 6.27. The minimum Gasteiger partial charge on any atom is -0.362 e. The Morgan fingerprint density at radius 2 is 1.58 bits per heavy atom. The first-order valence-corrected chi connectivity index (χ1v) is 8.37. The molecule has 2 aromatic rings. The van der Waals surface area contributed by atoms with E-state index in [1.165, 1.54) is 0 Å². The van der Waals surface area contributed by atoms with Crippen LogP contribution in [-0.4, -0.2) is 43.0 Å². The van der Waals surface area contributed by atoms with Crippen molar-refractivity contribution in [2.24, 2.45) is 10.6 Å². The number of nitrogens with zero attached hydrogens (tertiary/aromatic N) is 3. The first kappa shape index (κ1) is 15.4. The second kappa shape index (κ2) is 4.91. The lowest BCUT2D eigenvalue weighted by atomic mass is 9.71. The molecular weight excluding hydrogens is 298 g/mol. The average molecular weight is 322 g/mol. The Hall–Kier alpha value is -2.17. The largest absolute Gasteiger partial charge is 0.362 e. The third-order valence-electron chi connectivity index (χ3n) is 5.72. The van der Waals surface area contributed by atoms with Crippen LogP contribution in [0.15, 0.2) is 65.8 Å². The first-order chi connectivity index (χ1) is 11.4. The Labute approximate surface area is 143 Å². The monoisotopic (exact) mass is 322 g/mol. The lowest BCUT2D eigenvalue weighted by Gasteiger charge is -2.39. The fourth-order valence-electron chi connectivity index (χ4n) is 4.52. The third kappa shape index (κ3) is 1.78. The second-order valence-corrected chi connectivity index (χ2v) is 7.54. The fraction of sp³-hybridized carbons (Fsp3) is 0.350. The van der Waals surface area contributed by atoms with Gasteiger partial charge in [-0.1, -0.05) is 65.8 Å². The van der Waals surface area contributed by atoms with E-state index in [0.29, 0.717) is 0 Å². The van der Waals surface area contributed by atoms with Crippen LogP contribution in [0.1, 0.15) is 18.1 Å². The van der Waals surface area contributed by atoms with Gasteiger partial charge in [0, 0.05) is 18.2 Å². The molecule has 0 spiro atoms. The van der Waals surface area contributed by atoms with E-state index in [4.69, 9.17) is 4.84 Å². The summed E-state index contributed by atoms with van der Waals surface area (Å²) >= 11 is 0. The number of oxime groups is 1. The van der Waals surface area contributed by atoms with Crippen LogP contribution in [0, 0.1) is 5.41 Å². The molecule has 2 aliphatic rings. The van der Waals surface area contributed by atoms with Crippen LogP contribution in [0.4, 0.5) is 0 Å². The first-order valence-electron chi connectivity index (χ1n) is 8.37. The maximum absolute atomic E-state index is 6.27. The summed E-state index contributed by atoms with van der Waals surface area (Å²) in [5.41, 5.74) is 2.47. The van der Waals surface area contributed by atoms with Crippen molar-refractivity contribution >= 4 is 5.71 Å². The van der Waals surface area contributed by atoms with Crippen LogP contribution in [0.3, 0.4) is 0 Å². The van der Waals surface area contributed by atoms with Crippen molar-refractivity contribution < 1.29 is 9.43 Å². The van der Waals surface area contributed by atoms with Crippen molar-refractivity contribution in [1.82, 2.24) is 5.01 Å². The number of rotatable bonds is 2. The number of quaternary nitrogens is 1. The molecule has 2 aromatic carbocycles. The van der Waals surface area contributed by atoms with Gasteiger partial charge in [-0.2, -0.15) is 0 Å². The second-order valence-electron chi connectivity index (χ2n) is 7.54. The molecule has 24 heavy (non-hydrogen) atoms. The van der Waals surface area contributed by atoms with Crippen molar-refractivity contribution in [1.29, 1.82) is 0 Å². The zero-order chi connectivity index (χ0) is 17.0. The molecule has 0 saturated carbocycles. The van der Waals surface area contributed by atoms with Gasteiger partial charge in [-0.25, -0.2) is 4.59 Å². The van der Waals surface area contributed by atoms with Gasteiger partial charge in [0.15, 0.2) is 0 Å². The minimum absolute atomic E-state index is 0.242. The number of hydrogen-bond donors (Lipinski definition) is 0. The molecule has 0 aliphatic carbocycles. The van der Waals surface area contributed by atoms with Gasteiger partial charge < -0.3 is 4.84 Å². The molecule has 0 N–H and O–H groups in total. The summed E-state index contributed by atoms with van der Waals surface area (Å²) in [5, 5.41) is 6.89. The van der Waals surface area contributed by atoms with E-state index in [1.807, 2.05) is 12.1 Å². The highest BCUT2D eigenvalue weighted by molar-refractivity contribution is 6.06. The van der Waals surface area contributed by atoms with E-state index in [2.05, 4.69) is 86.8 Å². The molecular formula is C20H24N3O+. The van der Waals surface area contributed by atoms with Crippen molar-refractivity contribution in [3.05, 3.63) is 71.8 Å². The van der Waals surface area contributed by atoms with Gasteiger partial charge >= 0.3 is 0 Å². The van der Waals surface area contributed by atoms with Gasteiger partial charge in [0.1, 0.15) is 17.7 Å². The molecule has 0 amide bonds. The topological polar surface area (TPSA) is 24.8 Å². The molecule has 4 heteroatoms. The normalized spacial score (nSPS) is 31.4. The Bertz CT molecular complexity index is 787. The van der Waals surface area contributed by atoms with E-state index in [0.717, 1.165) is 28.0 Å². The lowest BCUT2D eigenvalue weighted by Crippen LogP contribution is -2.55. The van der Waals surface area contributed by atoms with Crippen molar-refractivity contribution in [2.75, 3.05) is 27.7 Å². The van der Waals surface area contributed by atoms with Gasteiger partial charge in [0.25, 0.3) is 5.72 Å². The van der Waals surface area contributed by atoms with Crippen LogP contribution in [0.2, 0.25) is 0 Å². The van der Waals surface area contributed by atoms with Crippen LogP contribution in [0.5, 0.6) is 0 Å². The molecule has 1 fully saturated rings. The Kier molecular flexibility index (Phi) is 3.15. The highest BCUT2D eigenvalue weighted by atomic mass is 16.7. The quantitative estimate of drug-likeness (QED) is 0.793. The van der Waals surface area contributed by atoms with E-state index in [1.54, 1.807) is 0 Å². The SMILES string of the molecule is CN1C2(c3ccccc3)ON=C(c3ccccc3)C2(C)C[N+]1(C)C. The zero-order valence-corrected chi connectivity index (χ0v) is 14.7. The van der Waals surface area contributed by atoms with Crippen LogP contribution >= 0.6 is 0 Å². The number of fused-ring (bicyclic) bond motifs is 1. The zero-order valence-electron chi connectivity index (χ0n) is 14.7. The molecule has 2 heterocycles. The van der Waals surface area contributed by atoms with E-state index in [9.17, 15) is 0 Å². The smallest absolute Gasteiger partial charge is 0.274 e. The standard InChI is InChI=1S/C20H24N3O/c1-19-15-23(3,4)22(2)20(19,17-13-9-6-10-14-17)24-21-18(19)16-11-7-5-8-12-16/h5-14H,15H2,1-4H3/q+1. The molecule has 4 rings (SSSR count). The highest BCUT2D eigenvalue weighted by Gasteiger charge is 2.73. The van der Waals surface area contributed by atoms with E-state index in [-0.39, 0.29) is 5.41 Å². The molecule has 124 valence electrons. The van der Waals surface area contributed by atoms with Gasteiger partial charge in [-0.05, 0) is 6.92 Å². The van der Waals surface area contributed by atoms with E-state index >= 15 is 0 Å². The molecule has 1 saturated heterocycles. The number of benzene rings is 2. The molecule has 0 bridgehead atoms. The van der Waals surface area contributed by atoms with Crippen molar-refractivity contribution in [3.63, 3.8) is 0 Å². The van der Waals surface area contributed by atoms with Gasteiger partial charge in [-0.15, -0.1) is 5.01 Å². The van der Waals surface area contributed by atoms with Crippen LogP contribution in [-0.2, 0) is 10.6 Å². The summed E-state index contributed by atoms with van der Waals surface area (Å²) in [6.45, 7) is 3.20. The predicted octanol–water partition coefficient (Wildman–Crippen LogP) is 3.22. The summed E-state index contributed by atoms with van der Waals surface area (Å²) in [7, 11) is 6.57. The molecule has 0 radical (unpaired) electrons. The van der Waals surface area contributed by atoms with Gasteiger partial charge in [0.05, 0.1) is 14.1 Å². The summed E-state index contributed by atoms with van der Waals surface area (Å²) in [5.74, 6) is 0. The highest BCUT2D eigenvalue weighted by Crippen LogP contribution is 2.58. The molecule has 2 unspecified atom stereocenters. The molecule has 4 nitrogen and oxygen atoms in total. The Morgan fingerprint density at radius 3 is 2.21 bits per heavy atom. The maximum Gasteiger partial charge on any atom is 0.274 e. The Balaban J connectivity index is 1.92. The van der Waals surface area contributed by atoms with Crippen molar-refractivity contribution in [3.8, 4) is 0 Å². The lowest BCUT2D eigenvalue weighted by molar-refractivity contribution is -0.996. The summed E-state index contributed by atoms with van der Waals surface area (Å²) in [6.07, 6.45) is 0. The van der Waals surface area contributed by atoms with Gasteiger partial charge in [0.2, 0.25) is 0 Å². The van der Waals surface area contributed by atoms with Gasteiger partial charge in [-0.3, -0.25) is 0 Å². The van der Waals surface area contributed by atoms with Crippen LogP contribution < -0.4 is 0 Å². The van der Waals surface area contributed by atoms with Crippen molar-refractivity contribution in [2.45, 2.75) is 12.6 Å². The van der Waals surface area contributed by atoms with Crippen LogP contribution in [0.25, 0.3) is 0 Å². The van der Waals surface area contributed by atoms with E-state index < -0.39 is 5.72 Å². The fourth-order valence-corrected chi connectivity index (χ4v) is 4.52. The number of hydrogen-bond acceptors (Lipinski definition) is 3. The third-order valence-corrected chi connectivity index (χ3v) is 5.72. The predicted molar refractivity (Wildman–Crippen MR) is 95.0 cm³/mol. The molecule has 0 aromatic heterocycles. The summed E-state index contributed by atoms with van der Waals surface area (Å²) in [6, 6.07) is 20.9. The molecule has 2 atom stereocenters. The molecule has 2 aliphatic heterocycles. The maximum atomic E-state index is 6.27. The average Bonchev–Trinajstić information content (AvgIpc) is 2.95. The minimum atomic E-state index is -0.594. The summed E-state index contributed by atoms with van der Waals surface area (Å²) < 4.78 is 0.747.